The lowest BCUT2D eigenvalue weighted by molar-refractivity contribution is 0.208. The molecule has 11 heteroatoms. The first-order valence-corrected chi connectivity index (χ1v) is 13.1. The number of nitrogens with zero attached hydrogens (tertiary/aromatic N) is 5. The summed E-state index contributed by atoms with van der Waals surface area (Å²) in [6, 6.07) is 14.1. The monoisotopic (exact) mass is 544 g/mol. The molecule has 2 aliphatic rings. The lowest BCUT2D eigenvalue weighted by atomic mass is 10.0. The highest BCUT2D eigenvalue weighted by atomic mass is 35.5. The van der Waals surface area contributed by atoms with Gasteiger partial charge < -0.3 is 25.8 Å². The van der Waals surface area contributed by atoms with Crippen LogP contribution in [0.15, 0.2) is 67.1 Å². The highest BCUT2D eigenvalue weighted by Crippen LogP contribution is 2.29. The predicted octanol–water partition coefficient (Wildman–Crippen LogP) is 5.60. The number of anilines is 6. The van der Waals surface area contributed by atoms with E-state index in [4.69, 9.17) is 11.6 Å². The van der Waals surface area contributed by atoms with Crippen LogP contribution in [0, 0.1) is 5.82 Å². The van der Waals surface area contributed by atoms with Gasteiger partial charge in [-0.1, -0.05) is 11.6 Å². The van der Waals surface area contributed by atoms with Gasteiger partial charge in [0.1, 0.15) is 10.8 Å². The summed E-state index contributed by atoms with van der Waals surface area (Å²) in [7, 11) is 0. The Morgan fingerprint density at radius 1 is 0.923 bits per heavy atom. The standard InChI is InChI=1S/C28H26ClFN8O/c29-24-17-32-27-34-22-13-18(15-31-16-22)1-2-19-14-21(33-26(24)36-27)5-8-25(19)35-28(39)38-11-9-37(10-12-38)23-6-3-20(30)4-7-23/h3-8,13-17H,1-2,9-12H2,(H,35,39)(H2,32,33,34,36). The molecule has 4 aromatic rings. The molecule has 2 aliphatic heterocycles. The van der Waals surface area contributed by atoms with Crippen LogP contribution in [0.25, 0.3) is 0 Å². The van der Waals surface area contributed by atoms with Crippen molar-refractivity contribution in [3.63, 3.8) is 0 Å². The van der Waals surface area contributed by atoms with Gasteiger partial charge in [-0.3, -0.25) is 4.98 Å². The number of fused-ring (bicyclic) bond motifs is 6. The Bertz CT molecular complexity index is 1510. The van der Waals surface area contributed by atoms with Crippen molar-refractivity contribution in [2.24, 2.45) is 0 Å². The molecule has 2 aromatic heterocycles. The van der Waals surface area contributed by atoms with E-state index in [-0.39, 0.29) is 11.8 Å². The minimum absolute atomic E-state index is 0.148. The molecule has 0 radical (unpaired) electrons. The number of halogens is 2. The Morgan fingerprint density at radius 3 is 2.56 bits per heavy atom. The van der Waals surface area contributed by atoms with E-state index in [0.717, 1.165) is 40.3 Å². The average Bonchev–Trinajstić information content (AvgIpc) is 2.95. The molecule has 2 amide bonds. The average molecular weight is 545 g/mol. The summed E-state index contributed by atoms with van der Waals surface area (Å²) in [5.74, 6) is 0.620. The van der Waals surface area contributed by atoms with Gasteiger partial charge in [0.25, 0.3) is 0 Å². The normalized spacial score (nSPS) is 14.7. The molecular weight excluding hydrogens is 519 g/mol. The molecule has 39 heavy (non-hydrogen) atoms. The Labute approximate surface area is 230 Å². The summed E-state index contributed by atoms with van der Waals surface area (Å²) in [5.41, 5.74) is 5.29. The molecule has 6 rings (SSSR count). The zero-order valence-corrected chi connectivity index (χ0v) is 21.7. The van der Waals surface area contributed by atoms with Gasteiger partial charge in [0, 0.05) is 49.4 Å². The maximum atomic E-state index is 13.3. The maximum absolute atomic E-state index is 13.3. The first-order valence-electron chi connectivity index (χ1n) is 12.7. The molecule has 0 saturated carbocycles. The van der Waals surface area contributed by atoms with Crippen LogP contribution in [0.5, 0.6) is 0 Å². The Morgan fingerprint density at radius 2 is 1.74 bits per heavy atom. The quantitative estimate of drug-likeness (QED) is 0.302. The summed E-state index contributed by atoms with van der Waals surface area (Å²) < 4.78 is 13.3. The van der Waals surface area contributed by atoms with Crippen molar-refractivity contribution in [3.05, 3.63) is 89.1 Å². The molecule has 3 N–H and O–H groups in total. The van der Waals surface area contributed by atoms with E-state index in [2.05, 4.69) is 35.8 Å². The topological polar surface area (TPSA) is 98.3 Å². The van der Waals surface area contributed by atoms with Crippen molar-refractivity contribution < 1.29 is 9.18 Å². The molecule has 0 unspecified atom stereocenters. The van der Waals surface area contributed by atoms with Crippen LogP contribution in [0.1, 0.15) is 11.1 Å². The van der Waals surface area contributed by atoms with Crippen molar-refractivity contribution in [2.75, 3.05) is 47.0 Å². The largest absolute Gasteiger partial charge is 0.368 e. The van der Waals surface area contributed by atoms with Crippen LogP contribution in [-0.4, -0.2) is 52.1 Å². The second kappa shape index (κ2) is 10.7. The smallest absolute Gasteiger partial charge is 0.321 e. The Kier molecular flexibility index (Phi) is 6.85. The third kappa shape index (κ3) is 5.70. The number of aryl methyl sites for hydroxylation is 2. The molecule has 4 heterocycles. The minimum atomic E-state index is -0.257. The third-order valence-corrected chi connectivity index (χ3v) is 7.12. The fourth-order valence-corrected chi connectivity index (χ4v) is 4.90. The molecule has 0 aliphatic carbocycles. The number of hydrogen-bond donors (Lipinski definition) is 3. The Hall–Kier alpha value is -4.44. The SMILES string of the molecule is O=C(Nc1ccc2cc1CCc1cncc(c1)Nc1ncc(Cl)c(n1)N2)N1CCN(c2ccc(F)cc2)CC1. The summed E-state index contributed by atoms with van der Waals surface area (Å²) in [6.45, 7) is 2.48. The first-order chi connectivity index (χ1) is 19.0. The molecule has 0 atom stereocenters. The minimum Gasteiger partial charge on any atom is -0.368 e. The molecule has 2 aromatic carbocycles. The number of amides is 2. The highest BCUT2D eigenvalue weighted by Gasteiger charge is 2.22. The number of aromatic nitrogens is 3. The number of rotatable bonds is 2. The van der Waals surface area contributed by atoms with Gasteiger partial charge in [-0.15, -0.1) is 0 Å². The van der Waals surface area contributed by atoms with Crippen molar-refractivity contribution in [1.29, 1.82) is 0 Å². The van der Waals surface area contributed by atoms with Crippen LogP contribution in [-0.2, 0) is 12.8 Å². The zero-order valence-electron chi connectivity index (χ0n) is 21.0. The van der Waals surface area contributed by atoms with Crippen LogP contribution < -0.4 is 20.9 Å². The van der Waals surface area contributed by atoms with Gasteiger partial charge in [0.05, 0.1) is 18.1 Å². The van der Waals surface area contributed by atoms with Crippen LogP contribution in [0.4, 0.5) is 43.7 Å². The van der Waals surface area contributed by atoms with E-state index in [0.29, 0.717) is 49.4 Å². The maximum Gasteiger partial charge on any atom is 0.321 e. The second-order valence-electron chi connectivity index (χ2n) is 9.47. The number of urea groups is 1. The molecule has 198 valence electrons. The zero-order chi connectivity index (χ0) is 26.8. The summed E-state index contributed by atoms with van der Waals surface area (Å²) in [6.07, 6.45) is 6.51. The van der Waals surface area contributed by atoms with Gasteiger partial charge in [-0.05, 0) is 72.5 Å². The fourth-order valence-electron chi connectivity index (χ4n) is 4.77. The first kappa shape index (κ1) is 24.9. The third-order valence-electron chi connectivity index (χ3n) is 6.85. The number of hydrogen-bond acceptors (Lipinski definition) is 7. The number of carbonyl (C=O) groups excluding carboxylic acids is 1. The van der Waals surface area contributed by atoms with Crippen LogP contribution in [0.2, 0.25) is 5.02 Å². The van der Waals surface area contributed by atoms with Crippen molar-refractivity contribution in [3.8, 4) is 0 Å². The molecule has 6 bridgehead atoms. The lowest BCUT2D eigenvalue weighted by Gasteiger charge is -2.36. The molecule has 1 saturated heterocycles. The number of nitrogens with one attached hydrogen (secondary N) is 3. The molecular formula is C28H26ClFN8O. The van der Waals surface area contributed by atoms with Gasteiger partial charge in [0.15, 0.2) is 5.82 Å². The summed E-state index contributed by atoms with van der Waals surface area (Å²) in [4.78, 5) is 30.3. The number of carbonyl (C=O) groups is 1. The predicted molar refractivity (Wildman–Crippen MR) is 151 cm³/mol. The summed E-state index contributed by atoms with van der Waals surface area (Å²) in [5, 5.41) is 9.96. The van der Waals surface area contributed by atoms with Gasteiger partial charge in [-0.2, -0.15) is 4.98 Å². The van der Waals surface area contributed by atoms with E-state index < -0.39 is 0 Å². The van der Waals surface area contributed by atoms with E-state index in [9.17, 15) is 9.18 Å². The Balaban J connectivity index is 1.21. The fraction of sp³-hybridized carbons (Fsp3) is 0.214. The van der Waals surface area contributed by atoms with E-state index in [1.54, 1.807) is 29.4 Å². The van der Waals surface area contributed by atoms with Gasteiger partial charge >= 0.3 is 6.03 Å². The van der Waals surface area contributed by atoms with Crippen molar-refractivity contribution in [1.82, 2.24) is 19.9 Å². The van der Waals surface area contributed by atoms with Crippen LogP contribution >= 0.6 is 11.6 Å². The van der Waals surface area contributed by atoms with E-state index >= 15 is 0 Å². The highest BCUT2D eigenvalue weighted by molar-refractivity contribution is 6.32. The van der Waals surface area contributed by atoms with E-state index in [1.807, 2.05) is 30.5 Å². The molecule has 0 spiro atoms. The van der Waals surface area contributed by atoms with E-state index in [1.165, 1.54) is 12.1 Å². The van der Waals surface area contributed by atoms with Crippen LogP contribution in [0.3, 0.4) is 0 Å². The molecule has 9 nitrogen and oxygen atoms in total. The lowest BCUT2D eigenvalue weighted by Crippen LogP contribution is -2.50. The van der Waals surface area contributed by atoms with Crippen molar-refractivity contribution >= 4 is 52.1 Å². The van der Waals surface area contributed by atoms with Gasteiger partial charge in [-0.25, -0.2) is 14.2 Å². The van der Waals surface area contributed by atoms with Crippen molar-refractivity contribution in [2.45, 2.75) is 12.8 Å². The van der Waals surface area contributed by atoms with Gasteiger partial charge in [0.2, 0.25) is 5.95 Å². The summed E-state index contributed by atoms with van der Waals surface area (Å²) >= 11 is 6.37. The second-order valence-corrected chi connectivity index (χ2v) is 9.88. The number of piperazine rings is 1. The number of pyridine rings is 1. The molecule has 1 fully saturated rings. The number of benzene rings is 2.